The number of unbranched alkanes of at least 4 members (excludes halogenated alkanes) is 1. The van der Waals surface area contributed by atoms with Gasteiger partial charge in [-0.3, -0.25) is 0 Å². The first-order valence-electron chi connectivity index (χ1n) is 4.35. The highest BCUT2D eigenvalue weighted by Crippen LogP contribution is 2.01. The Bertz CT molecular complexity index is 139. The van der Waals surface area contributed by atoms with Crippen LogP contribution >= 0.6 is 0 Å². The van der Waals surface area contributed by atoms with E-state index in [1.54, 1.807) is 31.6 Å². The third-order valence-corrected chi connectivity index (χ3v) is 1.51. The third-order valence-electron chi connectivity index (χ3n) is 1.51. The maximum Gasteiger partial charge on any atom is 0.0824 e. The number of methoxy groups -OCH3 is 1. The van der Waals surface area contributed by atoms with Crippen molar-refractivity contribution >= 4 is 0 Å². The summed E-state index contributed by atoms with van der Waals surface area (Å²) in [7, 11) is 1.60. The maximum atomic E-state index is 9.32. The topological polar surface area (TPSA) is 29.5 Å². The van der Waals surface area contributed by atoms with Crippen molar-refractivity contribution in [3.8, 4) is 0 Å². The van der Waals surface area contributed by atoms with Crippen LogP contribution in [0.5, 0.6) is 0 Å². The Morgan fingerprint density at radius 3 is 2.75 bits per heavy atom. The van der Waals surface area contributed by atoms with Gasteiger partial charge >= 0.3 is 0 Å². The van der Waals surface area contributed by atoms with Crippen LogP contribution in [0.2, 0.25) is 0 Å². The third kappa shape index (κ3) is 7.35. The average Bonchev–Trinajstić information content (AvgIpc) is 2.09. The molecule has 2 heteroatoms. The number of hydrogen-bond acceptors (Lipinski definition) is 2. The Hall–Kier alpha value is -0.760. The van der Waals surface area contributed by atoms with E-state index in [4.69, 9.17) is 4.74 Å². The van der Waals surface area contributed by atoms with Gasteiger partial charge in [0.2, 0.25) is 0 Å². The van der Waals surface area contributed by atoms with Crippen LogP contribution in [0.1, 0.15) is 26.2 Å². The summed E-state index contributed by atoms with van der Waals surface area (Å²) in [6.45, 7) is 2.11. The minimum atomic E-state index is -0.313. The zero-order valence-corrected chi connectivity index (χ0v) is 7.86. The van der Waals surface area contributed by atoms with Crippen LogP contribution in [-0.2, 0) is 4.74 Å². The summed E-state index contributed by atoms with van der Waals surface area (Å²) >= 11 is 0. The summed E-state index contributed by atoms with van der Waals surface area (Å²) in [5, 5.41) is 9.32. The highest BCUT2D eigenvalue weighted by atomic mass is 16.5. The van der Waals surface area contributed by atoms with E-state index in [1.165, 1.54) is 0 Å². The van der Waals surface area contributed by atoms with E-state index >= 15 is 0 Å². The lowest BCUT2D eigenvalue weighted by Crippen LogP contribution is -2.00. The standard InChI is InChI=1S/C10H18O2/c1-3-4-7-10(11)8-5-6-9-12-2/h5-6,8-11H,3-4,7H2,1-2H3/b8-5-,9-6-. The Kier molecular flexibility index (Phi) is 7.81. The van der Waals surface area contributed by atoms with Crippen LogP contribution in [0, 0.1) is 0 Å². The zero-order chi connectivity index (χ0) is 9.23. The molecule has 0 heterocycles. The number of hydrogen-bond donors (Lipinski definition) is 1. The molecule has 0 aromatic heterocycles. The van der Waals surface area contributed by atoms with Gasteiger partial charge in [0.05, 0.1) is 19.5 Å². The van der Waals surface area contributed by atoms with Crippen LogP contribution in [0.3, 0.4) is 0 Å². The normalized spacial score (nSPS) is 14.2. The van der Waals surface area contributed by atoms with Gasteiger partial charge in [0.25, 0.3) is 0 Å². The molecule has 0 rings (SSSR count). The molecule has 12 heavy (non-hydrogen) atoms. The van der Waals surface area contributed by atoms with Crippen molar-refractivity contribution in [3.63, 3.8) is 0 Å². The zero-order valence-electron chi connectivity index (χ0n) is 7.86. The monoisotopic (exact) mass is 170 g/mol. The van der Waals surface area contributed by atoms with Gasteiger partial charge in [-0.15, -0.1) is 0 Å². The summed E-state index contributed by atoms with van der Waals surface area (Å²) in [6.07, 6.45) is 9.62. The van der Waals surface area contributed by atoms with Gasteiger partial charge in [-0.2, -0.15) is 0 Å². The molecule has 0 radical (unpaired) electrons. The van der Waals surface area contributed by atoms with Gasteiger partial charge < -0.3 is 9.84 Å². The van der Waals surface area contributed by atoms with Gasteiger partial charge in [-0.05, 0) is 12.5 Å². The molecular formula is C10H18O2. The Labute approximate surface area is 74.6 Å². The quantitative estimate of drug-likeness (QED) is 0.489. The Balaban J connectivity index is 3.46. The van der Waals surface area contributed by atoms with Gasteiger partial charge in [0.1, 0.15) is 0 Å². The molecular weight excluding hydrogens is 152 g/mol. The van der Waals surface area contributed by atoms with Gasteiger partial charge in [0, 0.05) is 0 Å². The molecule has 1 atom stereocenters. The molecule has 0 aromatic carbocycles. The number of ether oxygens (including phenoxy) is 1. The summed E-state index contributed by atoms with van der Waals surface area (Å²) in [4.78, 5) is 0. The maximum absolute atomic E-state index is 9.32. The van der Waals surface area contributed by atoms with E-state index in [9.17, 15) is 5.11 Å². The van der Waals surface area contributed by atoms with E-state index in [-0.39, 0.29) is 6.10 Å². The molecule has 0 bridgehead atoms. The average molecular weight is 170 g/mol. The van der Waals surface area contributed by atoms with Crippen molar-refractivity contribution in [2.75, 3.05) is 7.11 Å². The molecule has 0 spiro atoms. The smallest absolute Gasteiger partial charge is 0.0824 e. The van der Waals surface area contributed by atoms with Crippen LogP contribution in [0.4, 0.5) is 0 Å². The van der Waals surface area contributed by atoms with Crippen molar-refractivity contribution in [1.29, 1.82) is 0 Å². The summed E-state index contributed by atoms with van der Waals surface area (Å²) in [5.74, 6) is 0. The predicted octanol–water partition coefficient (Wildman–Crippen LogP) is 2.25. The molecule has 1 N–H and O–H groups in total. The van der Waals surface area contributed by atoms with Crippen molar-refractivity contribution < 1.29 is 9.84 Å². The number of allylic oxidation sites excluding steroid dienone is 2. The van der Waals surface area contributed by atoms with Crippen LogP contribution in [0.25, 0.3) is 0 Å². The first-order chi connectivity index (χ1) is 5.81. The van der Waals surface area contributed by atoms with Crippen molar-refractivity contribution in [1.82, 2.24) is 0 Å². The fourth-order valence-corrected chi connectivity index (χ4v) is 0.826. The largest absolute Gasteiger partial charge is 0.504 e. The van der Waals surface area contributed by atoms with Crippen LogP contribution in [-0.4, -0.2) is 18.3 Å². The van der Waals surface area contributed by atoms with Gasteiger partial charge in [0.15, 0.2) is 0 Å². The summed E-state index contributed by atoms with van der Waals surface area (Å²) in [6, 6.07) is 0. The Morgan fingerprint density at radius 1 is 1.42 bits per heavy atom. The van der Waals surface area contributed by atoms with E-state index in [0.29, 0.717) is 0 Å². The first-order valence-corrected chi connectivity index (χ1v) is 4.35. The number of aliphatic hydroxyl groups is 1. The van der Waals surface area contributed by atoms with E-state index < -0.39 is 0 Å². The molecule has 2 nitrogen and oxygen atoms in total. The minimum absolute atomic E-state index is 0.313. The SMILES string of the molecule is CCCCC(O)/C=C\C=C/OC. The summed E-state index contributed by atoms with van der Waals surface area (Å²) in [5.41, 5.74) is 0. The second kappa shape index (κ2) is 8.34. The van der Waals surface area contributed by atoms with Crippen molar-refractivity contribution in [3.05, 3.63) is 24.5 Å². The van der Waals surface area contributed by atoms with Gasteiger partial charge in [-0.1, -0.05) is 31.9 Å². The lowest BCUT2D eigenvalue weighted by molar-refractivity contribution is 0.209. The second-order valence-corrected chi connectivity index (χ2v) is 2.66. The van der Waals surface area contributed by atoms with E-state index in [2.05, 4.69) is 6.92 Å². The van der Waals surface area contributed by atoms with Crippen molar-refractivity contribution in [2.45, 2.75) is 32.3 Å². The number of rotatable bonds is 6. The molecule has 0 aromatic rings. The van der Waals surface area contributed by atoms with E-state index in [0.717, 1.165) is 19.3 Å². The Morgan fingerprint density at radius 2 is 2.17 bits per heavy atom. The molecule has 0 saturated heterocycles. The summed E-state index contributed by atoms with van der Waals surface area (Å²) < 4.78 is 4.69. The van der Waals surface area contributed by atoms with Crippen LogP contribution < -0.4 is 0 Å². The van der Waals surface area contributed by atoms with Gasteiger partial charge in [-0.25, -0.2) is 0 Å². The molecule has 1 unspecified atom stereocenters. The highest BCUT2D eigenvalue weighted by molar-refractivity contribution is 5.02. The van der Waals surface area contributed by atoms with Crippen LogP contribution in [0.15, 0.2) is 24.5 Å². The molecule has 70 valence electrons. The molecule has 0 aliphatic carbocycles. The molecule has 0 aliphatic rings. The fourth-order valence-electron chi connectivity index (χ4n) is 0.826. The lowest BCUT2D eigenvalue weighted by Gasteiger charge is -2.01. The minimum Gasteiger partial charge on any atom is -0.504 e. The first kappa shape index (κ1) is 11.2. The molecule has 0 saturated carbocycles. The van der Waals surface area contributed by atoms with E-state index in [1.807, 2.05) is 0 Å². The molecule has 0 fully saturated rings. The van der Waals surface area contributed by atoms with Crippen molar-refractivity contribution in [2.24, 2.45) is 0 Å². The predicted molar refractivity (Wildman–Crippen MR) is 50.8 cm³/mol. The molecule has 0 amide bonds. The number of aliphatic hydroxyl groups excluding tert-OH is 1. The highest BCUT2D eigenvalue weighted by Gasteiger charge is 1.95. The lowest BCUT2D eigenvalue weighted by atomic mass is 10.1. The second-order valence-electron chi connectivity index (χ2n) is 2.66. The fraction of sp³-hybridized carbons (Fsp3) is 0.600. The molecule has 0 aliphatic heterocycles.